The smallest absolute Gasteiger partial charge is 0.258 e. The van der Waals surface area contributed by atoms with Crippen LogP contribution in [0, 0.1) is 10.1 Å². The van der Waals surface area contributed by atoms with E-state index >= 15 is 0 Å². The van der Waals surface area contributed by atoms with Crippen LogP contribution in [0.25, 0.3) is 10.4 Å². The van der Waals surface area contributed by atoms with Gasteiger partial charge >= 0.3 is 0 Å². The summed E-state index contributed by atoms with van der Waals surface area (Å²) < 4.78 is 0. The fraction of sp³-hybridized carbons (Fsp3) is 0.0909. The number of nitro benzene ring substituents is 1. The summed E-state index contributed by atoms with van der Waals surface area (Å²) in [5.41, 5.74) is 1.09. The standard InChI is InChI=1S/C11H8ClNO2S/c12-7-10-5-6-11(16-10)8-1-3-9(4-2-8)13(14)15/h1-6H,7H2. The lowest BCUT2D eigenvalue weighted by Gasteiger charge is -1.96. The second-order valence-corrected chi connectivity index (χ2v) is 4.64. The van der Waals surface area contributed by atoms with Gasteiger partial charge in [0, 0.05) is 21.9 Å². The van der Waals surface area contributed by atoms with E-state index in [1.165, 1.54) is 12.1 Å². The number of nitrogens with zero attached hydrogens (tertiary/aromatic N) is 1. The lowest BCUT2D eigenvalue weighted by Crippen LogP contribution is -1.86. The van der Waals surface area contributed by atoms with Crippen LogP contribution in [0.4, 0.5) is 5.69 Å². The second-order valence-electron chi connectivity index (χ2n) is 3.20. The van der Waals surface area contributed by atoms with E-state index in [1.807, 2.05) is 12.1 Å². The Morgan fingerprint density at radius 1 is 1.19 bits per heavy atom. The Balaban J connectivity index is 2.30. The first-order valence-corrected chi connectivity index (χ1v) is 5.95. The van der Waals surface area contributed by atoms with Crippen molar-refractivity contribution in [2.24, 2.45) is 0 Å². The van der Waals surface area contributed by atoms with Gasteiger partial charge in [-0.05, 0) is 29.8 Å². The monoisotopic (exact) mass is 253 g/mol. The summed E-state index contributed by atoms with van der Waals surface area (Å²) in [4.78, 5) is 12.3. The average Bonchev–Trinajstić information content (AvgIpc) is 2.77. The van der Waals surface area contributed by atoms with Crippen molar-refractivity contribution < 1.29 is 4.92 Å². The molecule has 0 aliphatic carbocycles. The molecule has 5 heteroatoms. The van der Waals surface area contributed by atoms with Crippen molar-refractivity contribution in [2.45, 2.75) is 5.88 Å². The molecule has 1 aromatic carbocycles. The molecule has 1 heterocycles. The summed E-state index contributed by atoms with van der Waals surface area (Å²) in [5, 5.41) is 10.5. The fourth-order valence-corrected chi connectivity index (χ4v) is 2.47. The Hall–Kier alpha value is -1.39. The van der Waals surface area contributed by atoms with E-state index in [4.69, 9.17) is 11.6 Å². The number of non-ortho nitro benzene ring substituents is 1. The SMILES string of the molecule is O=[N+]([O-])c1ccc(-c2ccc(CCl)s2)cc1. The van der Waals surface area contributed by atoms with Gasteiger partial charge < -0.3 is 0 Å². The van der Waals surface area contributed by atoms with Gasteiger partial charge in [-0.3, -0.25) is 10.1 Å². The minimum atomic E-state index is -0.400. The number of alkyl halides is 1. The number of thiophene rings is 1. The maximum atomic E-state index is 10.5. The van der Waals surface area contributed by atoms with E-state index in [-0.39, 0.29) is 5.69 Å². The van der Waals surface area contributed by atoms with Gasteiger partial charge in [0.15, 0.2) is 0 Å². The summed E-state index contributed by atoms with van der Waals surface area (Å²) in [6.45, 7) is 0. The molecule has 82 valence electrons. The van der Waals surface area contributed by atoms with Gasteiger partial charge in [-0.2, -0.15) is 0 Å². The van der Waals surface area contributed by atoms with Gasteiger partial charge in [0.2, 0.25) is 0 Å². The van der Waals surface area contributed by atoms with Crippen LogP contribution < -0.4 is 0 Å². The van der Waals surface area contributed by atoms with Crippen molar-refractivity contribution in [1.82, 2.24) is 0 Å². The van der Waals surface area contributed by atoms with E-state index < -0.39 is 4.92 Å². The third-order valence-corrected chi connectivity index (χ3v) is 3.74. The molecule has 0 aliphatic rings. The van der Waals surface area contributed by atoms with Gasteiger partial charge in [-0.1, -0.05) is 0 Å². The molecule has 0 saturated carbocycles. The van der Waals surface area contributed by atoms with Gasteiger partial charge in [-0.15, -0.1) is 22.9 Å². The van der Waals surface area contributed by atoms with Crippen molar-refractivity contribution in [2.75, 3.05) is 0 Å². The Bertz CT molecular complexity index is 507. The molecule has 0 amide bonds. The van der Waals surface area contributed by atoms with Crippen molar-refractivity contribution in [3.05, 3.63) is 51.4 Å². The zero-order valence-corrected chi connectivity index (χ0v) is 9.79. The van der Waals surface area contributed by atoms with Crippen LogP contribution in [0.5, 0.6) is 0 Å². The number of hydrogen-bond donors (Lipinski definition) is 0. The molecule has 16 heavy (non-hydrogen) atoms. The first kappa shape index (κ1) is 11.1. The minimum Gasteiger partial charge on any atom is -0.258 e. The van der Waals surface area contributed by atoms with Gasteiger partial charge in [-0.25, -0.2) is 0 Å². The molecule has 1 aromatic heterocycles. The van der Waals surface area contributed by atoms with E-state index in [9.17, 15) is 10.1 Å². The molecule has 0 N–H and O–H groups in total. The Kier molecular flexibility index (Phi) is 3.22. The van der Waals surface area contributed by atoms with Crippen LogP contribution in [-0.4, -0.2) is 4.92 Å². The minimum absolute atomic E-state index is 0.109. The van der Waals surface area contributed by atoms with Crippen LogP contribution in [0.3, 0.4) is 0 Å². The van der Waals surface area contributed by atoms with E-state index in [2.05, 4.69) is 0 Å². The highest BCUT2D eigenvalue weighted by Crippen LogP contribution is 2.29. The molecular formula is C11H8ClNO2S. The molecule has 0 atom stereocenters. The molecule has 2 rings (SSSR count). The molecule has 2 aromatic rings. The first-order chi connectivity index (χ1) is 7.70. The van der Waals surface area contributed by atoms with Crippen LogP contribution in [0.2, 0.25) is 0 Å². The summed E-state index contributed by atoms with van der Waals surface area (Å²) >= 11 is 7.31. The van der Waals surface area contributed by atoms with Crippen molar-refractivity contribution in [3.8, 4) is 10.4 Å². The number of hydrogen-bond acceptors (Lipinski definition) is 3. The third kappa shape index (κ3) is 2.23. The highest BCUT2D eigenvalue weighted by atomic mass is 35.5. The molecule has 0 unspecified atom stereocenters. The lowest BCUT2D eigenvalue weighted by molar-refractivity contribution is -0.384. The summed E-state index contributed by atoms with van der Waals surface area (Å²) in [7, 11) is 0. The van der Waals surface area contributed by atoms with Gasteiger partial charge in [0.05, 0.1) is 10.8 Å². The molecule has 0 radical (unpaired) electrons. The molecule has 0 saturated heterocycles. The molecule has 3 nitrogen and oxygen atoms in total. The van der Waals surface area contributed by atoms with Crippen molar-refractivity contribution in [1.29, 1.82) is 0 Å². The maximum absolute atomic E-state index is 10.5. The van der Waals surface area contributed by atoms with Crippen LogP contribution in [0.1, 0.15) is 4.88 Å². The zero-order chi connectivity index (χ0) is 11.5. The number of halogens is 1. The highest BCUT2D eigenvalue weighted by molar-refractivity contribution is 7.15. The largest absolute Gasteiger partial charge is 0.269 e. The quantitative estimate of drug-likeness (QED) is 0.470. The van der Waals surface area contributed by atoms with Crippen molar-refractivity contribution >= 4 is 28.6 Å². The fourth-order valence-electron chi connectivity index (χ4n) is 1.35. The van der Waals surface area contributed by atoms with Crippen molar-refractivity contribution in [3.63, 3.8) is 0 Å². The summed E-state index contributed by atoms with van der Waals surface area (Å²) in [6.07, 6.45) is 0. The Labute approximate surface area is 101 Å². The average molecular weight is 254 g/mol. The normalized spacial score (nSPS) is 10.3. The van der Waals surface area contributed by atoms with Crippen LogP contribution >= 0.6 is 22.9 Å². The van der Waals surface area contributed by atoms with E-state index in [0.29, 0.717) is 5.88 Å². The molecule has 0 bridgehead atoms. The van der Waals surface area contributed by atoms with E-state index in [0.717, 1.165) is 15.3 Å². The Morgan fingerprint density at radius 2 is 1.88 bits per heavy atom. The van der Waals surface area contributed by atoms with Gasteiger partial charge in [0.1, 0.15) is 0 Å². The first-order valence-electron chi connectivity index (χ1n) is 4.60. The van der Waals surface area contributed by atoms with Crippen LogP contribution in [-0.2, 0) is 5.88 Å². The maximum Gasteiger partial charge on any atom is 0.269 e. The number of rotatable bonds is 3. The summed E-state index contributed by atoms with van der Waals surface area (Å²) in [5.74, 6) is 0.498. The Morgan fingerprint density at radius 3 is 2.38 bits per heavy atom. The summed E-state index contributed by atoms with van der Waals surface area (Å²) in [6, 6.07) is 10.5. The topological polar surface area (TPSA) is 43.1 Å². The van der Waals surface area contributed by atoms with E-state index in [1.54, 1.807) is 23.5 Å². The van der Waals surface area contributed by atoms with Gasteiger partial charge in [0.25, 0.3) is 5.69 Å². The molecule has 0 aliphatic heterocycles. The predicted molar refractivity (Wildman–Crippen MR) is 66.0 cm³/mol. The molecule has 0 fully saturated rings. The number of nitro groups is 1. The predicted octanol–water partition coefficient (Wildman–Crippen LogP) is 4.06. The molecule has 0 spiro atoms. The molecular weight excluding hydrogens is 246 g/mol. The lowest BCUT2D eigenvalue weighted by atomic mass is 10.2. The highest BCUT2D eigenvalue weighted by Gasteiger charge is 2.06. The van der Waals surface area contributed by atoms with Crippen LogP contribution in [0.15, 0.2) is 36.4 Å². The zero-order valence-electron chi connectivity index (χ0n) is 8.22. The number of benzene rings is 1. The third-order valence-electron chi connectivity index (χ3n) is 2.16. The second kappa shape index (κ2) is 4.63.